The van der Waals surface area contributed by atoms with Crippen LogP contribution in [0.5, 0.6) is 0 Å². The largest absolute Gasteiger partial charge is 0.369 e. The normalized spacial score (nSPS) is 20.8. The Morgan fingerprint density at radius 1 is 0.964 bits per heavy atom. The third-order valence-electron chi connectivity index (χ3n) is 6.19. The summed E-state index contributed by atoms with van der Waals surface area (Å²) >= 11 is 0. The molecule has 1 fully saturated rings. The monoisotopic (exact) mass is 399 g/mol. The Kier molecular flexibility index (Phi) is 5.71. The Labute approximate surface area is 168 Å². The van der Waals surface area contributed by atoms with Crippen molar-refractivity contribution in [1.82, 2.24) is 4.90 Å². The number of piperazine rings is 1. The maximum Gasteiger partial charge on any atom is 0.238 e. The van der Waals surface area contributed by atoms with Crippen LogP contribution < -0.4 is 10.0 Å². The van der Waals surface area contributed by atoms with E-state index in [0.717, 1.165) is 38.4 Å². The Morgan fingerprint density at radius 2 is 1.68 bits per heavy atom. The van der Waals surface area contributed by atoms with E-state index >= 15 is 0 Å². The fourth-order valence-corrected chi connectivity index (χ4v) is 5.08. The van der Waals surface area contributed by atoms with Crippen LogP contribution in [0.3, 0.4) is 0 Å². The highest BCUT2D eigenvalue weighted by molar-refractivity contribution is 7.89. The fraction of sp³-hybridized carbons (Fsp3) is 0.455. The summed E-state index contributed by atoms with van der Waals surface area (Å²) in [7, 11) is -3.63. The summed E-state index contributed by atoms with van der Waals surface area (Å²) in [5, 5.41) is 5.18. The molecule has 0 saturated carbocycles. The van der Waals surface area contributed by atoms with E-state index in [2.05, 4.69) is 34.1 Å². The third kappa shape index (κ3) is 4.40. The third-order valence-corrected chi connectivity index (χ3v) is 7.12. The molecule has 2 N–H and O–H groups in total. The summed E-state index contributed by atoms with van der Waals surface area (Å²) in [5.41, 5.74) is 4.18. The number of nitrogens with zero attached hydrogens (tertiary/aromatic N) is 2. The lowest BCUT2D eigenvalue weighted by atomic mass is 9.81. The minimum absolute atomic E-state index is 0.169. The highest BCUT2D eigenvalue weighted by Gasteiger charge is 2.22. The van der Waals surface area contributed by atoms with Gasteiger partial charge in [0.2, 0.25) is 10.0 Å². The quantitative estimate of drug-likeness (QED) is 0.839. The Bertz CT molecular complexity index is 904. The van der Waals surface area contributed by atoms with E-state index in [9.17, 15) is 8.42 Å². The van der Waals surface area contributed by atoms with Gasteiger partial charge in [0.05, 0.1) is 4.90 Å². The number of fused-ring (bicyclic) bond motifs is 1. The van der Waals surface area contributed by atoms with Crippen molar-refractivity contribution in [3.05, 3.63) is 59.7 Å². The van der Waals surface area contributed by atoms with Gasteiger partial charge in [0.25, 0.3) is 0 Å². The van der Waals surface area contributed by atoms with Gasteiger partial charge in [-0.15, -0.1) is 0 Å². The molecule has 0 amide bonds. The molecule has 1 aliphatic heterocycles. The molecule has 1 unspecified atom stereocenters. The van der Waals surface area contributed by atoms with E-state index in [4.69, 9.17) is 5.14 Å². The van der Waals surface area contributed by atoms with Crippen LogP contribution >= 0.6 is 0 Å². The molecule has 150 valence electrons. The second-order valence-electron chi connectivity index (χ2n) is 7.94. The number of aryl methyl sites for hydroxylation is 1. The van der Waals surface area contributed by atoms with Crippen molar-refractivity contribution in [2.75, 3.05) is 37.6 Å². The second-order valence-corrected chi connectivity index (χ2v) is 9.51. The van der Waals surface area contributed by atoms with Crippen molar-refractivity contribution in [1.29, 1.82) is 0 Å². The first-order valence-electron chi connectivity index (χ1n) is 10.2. The van der Waals surface area contributed by atoms with Crippen LogP contribution in [0, 0.1) is 0 Å². The average molecular weight is 400 g/mol. The number of benzene rings is 2. The van der Waals surface area contributed by atoms with Gasteiger partial charge < -0.3 is 4.90 Å². The predicted octanol–water partition coefficient (Wildman–Crippen LogP) is 2.97. The van der Waals surface area contributed by atoms with Gasteiger partial charge in [0.15, 0.2) is 0 Å². The summed E-state index contributed by atoms with van der Waals surface area (Å²) in [6.45, 7) is 5.18. The van der Waals surface area contributed by atoms with Gasteiger partial charge in [-0.05, 0) is 73.5 Å². The highest BCUT2D eigenvalue weighted by atomic mass is 32.2. The fourth-order valence-electron chi connectivity index (χ4n) is 4.57. The Balaban J connectivity index is 1.29. The van der Waals surface area contributed by atoms with Crippen molar-refractivity contribution >= 4 is 15.7 Å². The van der Waals surface area contributed by atoms with Crippen LogP contribution in [-0.4, -0.2) is 46.0 Å². The van der Waals surface area contributed by atoms with Gasteiger partial charge in [-0.2, -0.15) is 0 Å². The molecule has 1 atom stereocenters. The van der Waals surface area contributed by atoms with E-state index in [0.29, 0.717) is 5.92 Å². The summed E-state index contributed by atoms with van der Waals surface area (Å²) in [6.07, 6.45) is 5.09. The number of anilines is 1. The zero-order chi connectivity index (χ0) is 19.6. The van der Waals surface area contributed by atoms with Crippen molar-refractivity contribution in [2.45, 2.75) is 36.5 Å². The molecule has 0 spiro atoms. The van der Waals surface area contributed by atoms with Crippen LogP contribution in [0.4, 0.5) is 5.69 Å². The van der Waals surface area contributed by atoms with E-state index in [1.165, 1.54) is 25.7 Å². The van der Waals surface area contributed by atoms with E-state index in [-0.39, 0.29) is 4.90 Å². The van der Waals surface area contributed by atoms with Crippen molar-refractivity contribution in [3.63, 3.8) is 0 Å². The lowest BCUT2D eigenvalue weighted by Crippen LogP contribution is -2.46. The maximum absolute atomic E-state index is 11.4. The highest BCUT2D eigenvalue weighted by Crippen LogP contribution is 2.34. The van der Waals surface area contributed by atoms with Gasteiger partial charge in [-0.1, -0.05) is 24.3 Å². The Hall–Kier alpha value is -1.89. The number of rotatable bonds is 5. The molecule has 4 rings (SSSR count). The lowest BCUT2D eigenvalue weighted by molar-refractivity contribution is 0.245. The minimum atomic E-state index is -3.63. The molecule has 6 heteroatoms. The minimum Gasteiger partial charge on any atom is -0.369 e. The summed E-state index contributed by atoms with van der Waals surface area (Å²) in [6, 6.07) is 15.9. The van der Waals surface area contributed by atoms with Gasteiger partial charge in [-0.3, -0.25) is 4.90 Å². The van der Waals surface area contributed by atoms with Crippen LogP contribution in [0.25, 0.3) is 0 Å². The average Bonchev–Trinajstić information content (AvgIpc) is 2.72. The van der Waals surface area contributed by atoms with Gasteiger partial charge >= 0.3 is 0 Å². The number of hydrogen-bond donors (Lipinski definition) is 1. The molecule has 2 aliphatic rings. The number of primary sulfonamides is 1. The molecule has 28 heavy (non-hydrogen) atoms. The zero-order valence-electron chi connectivity index (χ0n) is 16.3. The molecule has 5 nitrogen and oxygen atoms in total. The number of nitrogens with two attached hydrogens (primary N) is 1. The van der Waals surface area contributed by atoms with Crippen molar-refractivity contribution < 1.29 is 8.42 Å². The molecular formula is C22H29N3O2S. The molecule has 0 bridgehead atoms. The smallest absolute Gasteiger partial charge is 0.238 e. The molecule has 0 aromatic heterocycles. The van der Waals surface area contributed by atoms with Crippen molar-refractivity contribution in [2.24, 2.45) is 5.14 Å². The maximum atomic E-state index is 11.4. The first-order chi connectivity index (χ1) is 13.5. The lowest BCUT2D eigenvalue weighted by Gasteiger charge is -2.37. The van der Waals surface area contributed by atoms with Crippen LogP contribution in [-0.2, 0) is 16.4 Å². The second kappa shape index (κ2) is 8.23. The summed E-state index contributed by atoms with van der Waals surface area (Å²) in [5.74, 6) is 0.703. The number of sulfonamides is 1. The van der Waals surface area contributed by atoms with E-state index in [1.807, 2.05) is 12.1 Å². The summed E-state index contributed by atoms with van der Waals surface area (Å²) in [4.78, 5) is 5.05. The van der Waals surface area contributed by atoms with Crippen LogP contribution in [0.2, 0.25) is 0 Å². The Morgan fingerprint density at radius 3 is 2.39 bits per heavy atom. The topological polar surface area (TPSA) is 66.6 Å². The van der Waals surface area contributed by atoms with Gasteiger partial charge in [-0.25, -0.2) is 13.6 Å². The van der Waals surface area contributed by atoms with E-state index in [1.54, 1.807) is 23.3 Å². The van der Waals surface area contributed by atoms with E-state index < -0.39 is 10.0 Å². The van der Waals surface area contributed by atoms with Gasteiger partial charge in [0, 0.05) is 31.9 Å². The molecule has 0 radical (unpaired) electrons. The summed E-state index contributed by atoms with van der Waals surface area (Å²) < 4.78 is 22.8. The SMILES string of the molecule is NS(=O)(=O)c1ccc(N2CCN(CCC3CCCc4ccccc43)CC2)cc1. The molecule has 1 saturated heterocycles. The standard InChI is InChI=1S/C22H29N3O2S/c23-28(26,27)21-10-8-20(9-11-21)25-16-14-24(15-17-25)13-12-19-6-3-5-18-4-1-2-7-22(18)19/h1-2,4,7-11,19H,3,5-6,12-17H2,(H2,23,26,27). The molecule has 1 aliphatic carbocycles. The van der Waals surface area contributed by atoms with Crippen LogP contribution in [0.1, 0.15) is 36.3 Å². The number of hydrogen-bond acceptors (Lipinski definition) is 4. The van der Waals surface area contributed by atoms with Crippen LogP contribution in [0.15, 0.2) is 53.4 Å². The molecule has 2 aromatic carbocycles. The molecule has 2 aromatic rings. The zero-order valence-corrected chi connectivity index (χ0v) is 17.1. The van der Waals surface area contributed by atoms with Gasteiger partial charge in [0.1, 0.15) is 0 Å². The molecular weight excluding hydrogens is 370 g/mol. The first kappa shape index (κ1) is 19.4. The predicted molar refractivity (Wildman–Crippen MR) is 113 cm³/mol. The first-order valence-corrected chi connectivity index (χ1v) is 11.7. The molecule has 1 heterocycles. The van der Waals surface area contributed by atoms with Crippen molar-refractivity contribution in [3.8, 4) is 0 Å².